The van der Waals surface area contributed by atoms with Gasteiger partial charge in [-0.3, -0.25) is 5.32 Å². The molecular formula is C22H22N4O4. The van der Waals surface area contributed by atoms with Crippen LogP contribution in [0.5, 0.6) is 0 Å². The summed E-state index contributed by atoms with van der Waals surface area (Å²) in [5, 5.41) is 19.9. The van der Waals surface area contributed by atoms with Gasteiger partial charge in [0.1, 0.15) is 6.61 Å². The maximum Gasteiger partial charge on any atom is 0.412 e. The lowest BCUT2D eigenvalue weighted by molar-refractivity contribution is -0.143. The van der Waals surface area contributed by atoms with Gasteiger partial charge in [0.2, 0.25) is 0 Å². The number of hydrogen-bond donors (Lipinski definition) is 2. The Morgan fingerprint density at radius 2 is 1.70 bits per heavy atom. The second kappa shape index (κ2) is 7.98. The minimum absolute atomic E-state index is 0.0452. The van der Waals surface area contributed by atoms with Gasteiger partial charge in [-0.2, -0.15) is 9.90 Å². The van der Waals surface area contributed by atoms with Gasteiger partial charge in [-0.25, -0.2) is 9.59 Å². The SMILES string of the molecule is CC(C)C(C(=O)O)n1ncc(NC(=O)OCC2c3ccccc3-c3ccccc32)n1. The number of hydrogen-bond acceptors (Lipinski definition) is 5. The van der Waals surface area contributed by atoms with Gasteiger partial charge in [0.25, 0.3) is 0 Å². The van der Waals surface area contributed by atoms with Crippen LogP contribution in [0.15, 0.2) is 54.7 Å². The molecule has 30 heavy (non-hydrogen) atoms. The van der Waals surface area contributed by atoms with Gasteiger partial charge in [-0.15, -0.1) is 5.10 Å². The Balaban J connectivity index is 1.43. The van der Waals surface area contributed by atoms with Crippen molar-refractivity contribution in [1.29, 1.82) is 0 Å². The van der Waals surface area contributed by atoms with E-state index in [9.17, 15) is 14.7 Å². The number of nitrogens with zero attached hydrogens (tertiary/aromatic N) is 3. The molecule has 0 bridgehead atoms. The maximum atomic E-state index is 12.3. The lowest BCUT2D eigenvalue weighted by atomic mass is 9.98. The molecule has 0 radical (unpaired) electrons. The minimum atomic E-state index is -1.03. The Hall–Kier alpha value is -3.68. The Labute approximate surface area is 173 Å². The third kappa shape index (κ3) is 3.63. The first kappa shape index (κ1) is 19.6. The molecule has 1 atom stereocenters. The molecule has 1 aliphatic rings. The predicted molar refractivity (Wildman–Crippen MR) is 110 cm³/mol. The molecule has 1 aliphatic carbocycles. The third-order valence-electron chi connectivity index (χ3n) is 5.22. The highest BCUT2D eigenvalue weighted by atomic mass is 16.5. The molecule has 8 nitrogen and oxygen atoms in total. The summed E-state index contributed by atoms with van der Waals surface area (Å²) in [7, 11) is 0. The molecule has 0 spiro atoms. The van der Waals surface area contributed by atoms with Gasteiger partial charge in [0.15, 0.2) is 11.9 Å². The number of ether oxygens (including phenoxy) is 1. The van der Waals surface area contributed by atoms with Gasteiger partial charge < -0.3 is 9.84 Å². The first-order chi connectivity index (χ1) is 14.5. The number of benzene rings is 2. The van der Waals surface area contributed by atoms with E-state index in [4.69, 9.17) is 4.74 Å². The fraction of sp³-hybridized carbons (Fsp3) is 0.273. The van der Waals surface area contributed by atoms with Crippen molar-refractivity contribution in [2.45, 2.75) is 25.8 Å². The zero-order chi connectivity index (χ0) is 21.3. The lowest BCUT2D eigenvalue weighted by Gasteiger charge is -2.15. The van der Waals surface area contributed by atoms with Crippen molar-refractivity contribution >= 4 is 17.9 Å². The van der Waals surface area contributed by atoms with Crippen LogP contribution in [0, 0.1) is 5.92 Å². The quantitative estimate of drug-likeness (QED) is 0.643. The summed E-state index contributed by atoms with van der Waals surface area (Å²) in [5.41, 5.74) is 4.55. The van der Waals surface area contributed by atoms with Crippen LogP contribution in [0.1, 0.15) is 36.9 Å². The number of carbonyl (C=O) groups is 2. The van der Waals surface area contributed by atoms with Crippen LogP contribution in [0.3, 0.4) is 0 Å². The maximum absolute atomic E-state index is 12.3. The van der Waals surface area contributed by atoms with E-state index >= 15 is 0 Å². The topological polar surface area (TPSA) is 106 Å². The molecule has 0 saturated carbocycles. The van der Waals surface area contributed by atoms with Gasteiger partial charge in [-0.05, 0) is 28.2 Å². The minimum Gasteiger partial charge on any atom is -0.480 e. The molecule has 154 valence electrons. The van der Waals surface area contributed by atoms with E-state index in [0.29, 0.717) is 0 Å². The van der Waals surface area contributed by atoms with Crippen molar-refractivity contribution in [3.8, 4) is 11.1 Å². The molecule has 2 N–H and O–H groups in total. The van der Waals surface area contributed by atoms with Crippen LogP contribution in [-0.4, -0.2) is 38.8 Å². The van der Waals surface area contributed by atoms with Crippen molar-refractivity contribution in [1.82, 2.24) is 15.0 Å². The Kier molecular flexibility index (Phi) is 5.22. The fourth-order valence-corrected chi connectivity index (χ4v) is 3.86. The van der Waals surface area contributed by atoms with Gasteiger partial charge in [-0.1, -0.05) is 62.4 Å². The number of rotatable bonds is 6. The average molecular weight is 406 g/mol. The van der Waals surface area contributed by atoms with Gasteiger partial charge in [0, 0.05) is 5.92 Å². The summed E-state index contributed by atoms with van der Waals surface area (Å²) in [4.78, 5) is 24.8. The molecule has 3 aromatic rings. The Morgan fingerprint density at radius 3 is 2.27 bits per heavy atom. The number of nitrogens with one attached hydrogen (secondary N) is 1. The van der Waals surface area contributed by atoms with Crippen molar-refractivity contribution in [2.75, 3.05) is 11.9 Å². The molecule has 1 amide bonds. The van der Waals surface area contributed by atoms with Crippen molar-refractivity contribution in [3.05, 3.63) is 65.9 Å². The van der Waals surface area contributed by atoms with E-state index in [1.54, 1.807) is 13.8 Å². The molecule has 0 fully saturated rings. The standard InChI is InChI=1S/C22H22N4O4/c1-13(2)20(21(27)28)26-23-11-19(25-26)24-22(29)30-12-18-16-9-5-3-7-14(16)15-8-4-6-10-17(15)18/h3-11,13,18,20H,12H2,1-2H3,(H,27,28)(H,24,25,29). The molecule has 1 heterocycles. The number of anilines is 1. The number of fused-ring (bicyclic) bond motifs is 3. The Morgan fingerprint density at radius 1 is 1.10 bits per heavy atom. The van der Waals surface area contributed by atoms with Gasteiger partial charge >= 0.3 is 12.1 Å². The van der Waals surface area contributed by atoms with Crippen LogP contribution in [0.4, 0.5) is 10.6 Å². The highest BCUT2D eigenvalue weighted by Crippen LogP contribution is 2.44. The van der Waals surface area contributed by atoms with Crippen molar-refractivity contribution in [3.63, 3.8) is 0 Å². The summed E-state index contributed by atoms with van der Waals surface area (Å²) in [6, 6.07) is 15.3. The first-order valence-corrected chi connectivity index (χ1v) is 9.72. The monoisotopic (exact) mass is 406 g/mol. The molecule has 4 rings (SSSR count). The van der Waals surface area contributed by atoms with Crippen LogP contribution in [-0.2, 0) is 9.53 Å². The van der Waals surface area contributed by atoms with E-state index < -0.39 is 18.1 Å². The Bertz CT molecular complexity index is 1050. The van der Waals surface area contributed by atoms with E-state index in [0.717, 1.165) is 27.1 Å². The number of carbonyl (C=O) groups excluding carboxylic acids is 1. The average Bonchev–Trinajstić information content (AvgIpc) is 3.28. The normalized spacial score (nSPS) is 13.6. The number of aromatic nitrogens is 3. The molecule has 1 aromatic heterocycles. The van der Waals surface area contributed by atoms with Crippen molar-refractivity contribution in [2.24, 2.45) is 5.92 Å². The second-order valence-electron chi connectivity index (χ2n) is 7.53. The summed E-state index contributed by atoms with van der Waals surface area (Å²) >= 11 is 0. The van der Waals surface area contributed by atoms with Crippen LogP contribution >= 0.6 is 0 Å². The highest BCUT2D eigenvalue weighted by molar-refractivity contribution is 5.83. The number of aliphatic carboxylic acids is 1. The second-order valence-corrected chi connectivity index (χ2v) is 7.53. The largest absolute Gasteiger partial charge is 0.480 e. The number of amides is 1. The summed E-state index contributed by atoms with van der Waals surface area (Å²) in [6.45, 7) is 3.71. The summed E-state index contributed by atoms with van der Waals surface area (Å²) < 4.78 is 5.46. The lowest BCUT2D eigenvalue weighted by Crippen LogP contribution is -2.26. The summed E-state index contributed by atoms with van der Waals surface area (Å²) in [6.07, 6.45) is 0.639. The zero-order valence-electron chi connectivity index (χ0n) is 16.6. The fourth-order valence-electron chi connectivity index (χ4n) is 3.86. The van der Waals surface area contributed by atoms with E-state index in [1.807, 2.05) is 36.4 Å². The van der Waals surface area contributed by atoms with Crippen LogP contribution < -0.4 is 5.32 Å². The smallest absolute Gasteiger partial charge is 0.412 e. The zero-order valence-corrected chi connectivity index (χ0v) is 16.6. The van der Waals surface area contributed by atoms with Gasteiger partial charge in [0.05, 0.1) is 6.20 Å². The molecule has 2 aromatic carbocycles. The molecule has 0 aliphatic heterocycles. The van der Waals surface area contributed by atoms with E-state index in [2.05, 4.69) is 27.6 Å². The highest BCUT2D eigenvalue weighted by Gasteiger charge is 2.29. The molecular weight excluding hydrogens is 384 g/mol. The third-order valence-corrected chi connectivity index (χ3v) is 5.22. The molecule has 1 unspecified atom stereocenters. The van der Waals surface area contributed by atoms with Crippen molar-refractivity contribution < 1.29 is 19.4 Å². The van der Waals surface area contributed by atoms with E-state index in [-0.39, 0.29) is 24.3 Å². The van der Waals surface area contributed by atoms with E-state index in [1.165, 1.54) is 6.20 Å². The molecule has 8 heteroatoms. The number of carboxylic acids is 1. The number of carboxylic acid groups (broad SMARTS) is 1. The molecule has 0 saturated heterocycles. The van der Waals surface area contributed by atoms with Crippen LogP contribution in [0.25, 0.3) is 11.1 Å². The summed E-state index contributed by atoms with van der Waals surface area (Å²) in [5.74, 6) is -1.15. The predicted octanol–water partition coefficient (Wildman–Crippen LogP) is 3.92. The van der Waals surface area contributed by atoms with Crippen LogP contribution in [0.2, 0.25) is 0 Å². The first-order valence-electron chi connectivity index (χ1n) is 9.72.